The number of benzene rings is 2. The largest absolute Gasteiger partial charge is 0.351 e. The van der Waals surface area contributed by atoms with Gasteiger partial charge in [0.25, 0.3) is 0 Å². The van der Waals surface area contributed by atoms with Gasteiger partial charge >= 0.3 is 0 Å². The van der Waals surface area contributed by atoms with Crippen LogP contribution >= 0.6 is 0 Å². The summed E-state index contributed by atoms with van der Waals surface area (Å²) in [7, 11) is 0. The van der Waals surface area contributed by atoms with E-state index < -0.39 is 6.04 Å². The van der Waals surface area contributed by atoms with Gasteiger partial charge in [0.2, 0.25) is 5.91 Å². The van der Waals surface area contributed by atoms with Crippen molar-refractivity contribution in [3.63, 3.8) is 0 Å². The number of amides is 1. The second-order valence-electron chi connectivity index (χ2n) is 5.51. The second-order valence-corrected chi connectivity index (χ2v) is 5.51. The van der Waals surface area contributed by atoms with Crippen LogP contribution in [0.3, 0.4) is 0 Å². The lowest BCUT2D eigenvalue weighted by Gasteiger charge is -2.16. The van der Waals surface area contributed by atoms with E-state index in [1.54, 1.807) is 0 Å². The first-order chi connectivity index (χ1) is 10.1. The molecule has 21 heavy (non-hydrogen) atoms. The van der Waals surface area contributed by atoms with Gasteiger partial charge in [-0.15, -0.1) is 0 Å². The average Bonchev–Trinajstić information content (AvgIpc) is 2.52. The van der Waals surface area contributed by atoms with Crippen LogP contribution in [0.5, 0.6) is 0 Å². The maximum atomic E-state index is 12.0. The lowest BCUT2D eigenvalue weighted by Crippen LogP contribution is -2.43. The first kappa shape index (κ1) is 15.3. The van der Waals surface area contributed by atoms with Gasteiger partial charge in [0, 0.05) is 6.54 Å². The molecule has 1 atom stereocenters. The fraction of sp³-hybridized carbons (Fsp3) is 0.278. The van der Waals surface area contributed by atoms with Crippen LogP contribution in [0.2, 0.25) is 0 Å². The molecule has 3 heteroatoms. The molecule has 0 bridgehead atoms. The van der Waals surface area contributed by atoms with Crippen LogP contribution in [0, 0.1) is 5.92 Å². The number of nitrogens with one attached hydrogen (secondary N) is 1. The molecular formula is C18H22N2O. The maximum absolute atomic E-state index is 12.0. The van der Waals surface area contributed by atoms with Crippen molar-refractivity contribution in [3.05, 3.63) is 60.2 Å². The SMILES string of the molecule is CC(C)[C@H](N)C(=O)NCc1ccccc1-c1ccccc1. The van der Waals surface area contributed by atoms with E-state index in [1.807, 2.05) is 50.2 Å². The van der Waals surface area contributed by atoms with Gasteiger partial charge in [-0.2, -0.15) is 0 Å². The topological polar surface area (TPSA) is 55.1 Å². The minimum Gasteiger partial charge on any atom is -0.351 e. The molecule has 1 amide bonds. The molecular weight excluding hydrogens is 260 g/mol. The van der Waals surface area contributed by atoms with E-state index in [-0.39, 0.29) is 11.8 Å². The minimum absolute atomic E-state index is 0.104. The summed E-state index contributed by atoms with van der Waals surface area (Å²) in [5.74, 6) is 0.0298. The molecule has 0 saturated heterocycles. The van der Waals surface area contributed by atoms with Crippen LogP contribution in [0.15, 0.2) is 54.6 Å². The van der Waals surface area contributed by atoms with Crippen LogP contribution in [0.25, 0.3) is 11.1 Å². The lowest BCUT2D eigenvalue weighted by molar-refractivity contribution is -0.123. The van der Waals surface area contributed by atoms with Gasteiger partial charge in [0.15, 0.2) is 0 Å². The van der Waals surface area contributed by atoms with Crippen molar-refractivity contribution in [3.8, 4) is 11.1 Å². The number of hydrogen-bond donors (Lipinski definition) is 2. The molecule has 3 N–H and O–H groups in total. The first-order valence-corrected chi connectivity index (χ1v) is 7.26. The molecule has 0 spiro atoms. The zero-order valence-corrected chi connectivity index (χ0v) is 12.5. The number of nitrogens with two attached hydrogens (primary N) is 1. The Morgan fingerprint density at radius 3 is 2.33 bits per heavy atom. The summed E-state index contributed by atoms with van der Waals surface area (Å²) in [4.78, 5) is 12.0. The van der Waals surface area contributed by atoms with Crippen molar-refractivity contribution in [2.75, 3.05) is 0 Å². The van der Waals surface area contributed by atoms with E-state index in [4.69, 9.17) is 5.73 Å². The Balaban J connectivity index is 2.13. The molecule has 0 radical (unpaired) electrons. The maximum Gasteiger partial charge on any atom is 0.237 e. The molecule has 2 aromatic rings. The van der Waals surface area contributed by atoms with E-state index in [9.17, 15) is 4.79 Å². The Hall–Kier alpha value is -2.13. The predicted octanol–water partition coefficient (Wildman–Crippen LogP) is 2.95. The average molecular weight is 282 g/mol. The molecule has 0 aliphatic carbocycles. The van der Waals surface area contributed by atoms with Crippen LogP contribution in [0.1, 0.15) is 19.4 Å². The van der Waals surface area contributed by atoms with Crippen LogP contribution in [0.4, 0.5) is 0 Å². The van der Waals surface area contributed by atoms with E-state index >= 15 is 0 Å². The lowest BCUT2D eigenvalue weighted by atomic mass is 9.99. The highest BCUT2D eigenvalue weighted by molar-refractivity contribution is 5.82. The highest BCUT2D eigenvalue weighted by Gasteiger charge is 2.17. The third kappa shape index (κ3) is 3.92. The highest BCUT2D eigenvalue weighted by Crippen LogP contribution is 2.23. The molecule has 0 aromatic heterocycles. The van der Waals surface area contributed by atoms with Crippen molar-refractivity contribution >= 4 is 5.91 Å². The Morgan fingerprint density at radius 2 is 1.67 bits per heavy atom. The fourth-order valence-electron chi connectivity index (χ4n) is 2.18. The zero-order chi connectivity index (χ0) is 15.2. The van der Waals surface area contributed by atoms with E-state index in [0.29, 0.717) is 6.54 Å². The molecule has 0 heterocycles. The van der Waals surface area contributed by atoms with Crippen molar-refractivity contribution < 1.29 is 4.79 Å². The number of hydrogen-bond acceptors (Lipinski definition) is 2. The molecule has 3 nitrogen and oxygen atoms in total. The second kappa shape index (κ2) is 7.04. The van der Waals surface area contributed by atoms with Crippen LogP contribution in [-0.4, -0.2) is 11.9 Å². The monoisotopic (exact) mass is 282 g/mol. The van der Waals surface area contributed by atoms with Gasteiger partial charge in [-0.05, 0) is 22.6 Å². The minimum atomic E-state index is -0.464. The molecule has 0 aliphatic heterocycles. The smallest absolute Gasteiger partial charge is 0.237 e. The summed E-state index contributed by atoms with van der Waals surface area (Å²) >= 11 is 0. The van der Waals surface area contributed by atoms with Crippen LogP contribution in [-0.2, 0) is 11.3 Å². The molecule has 110 valence electrons. The quantitative estimate of drug-likeness (QED) is 0.886. The predicted molar refractivity (Wildman–Crippen MR) is 86.5 cm³/mol. The molecule has 2 rings (SSSR count). The van der Waals surface area contributed by atoms with Crippen molar-refractivity contribution in [2.45, 2.75) is 26.4 Å². The summed E-state index contributed by atoms with van der Waals surface area (Å²) in [6.45, 7) is 4.38. The van der Waals surface area contributed by atoms with Gasteiger partial charge in [-0.25, -0.2) is 0 Å². The van der Waals surface area contributed by atoms with Gasteiger partial charge in [0.05, 0.1) is 6.04 Å². The summed E-state index contributed by atoms with van der Waals surface area (Å²) in [6.07, 6.45) is 0. The van der Waals surface area contributed by atoms with E-state index in [1.165, 1.54) is 0 Å². The molecule has 0 aliphatic rings. The Labute approximate surface area is 126 Å². The zero-order valence-electron chi connectivity index (χ0n) is 12.5. The molecule has 0 fully saturated rings. The van der Waals surface area contributed by atoms with Crippen molar-refractivity contribution in [1.82, 2.24) is 5.32 Å². The number of carbonyl (C=O) groups excluding carboxylic acids is 1. The van der Waals surface area contributed by atoms with Crippen molar-refractivity contribution in [2.24, 2.45) is 11.7 Å². The normalized spacial score (nSPS) is 12.2. The Bertz CT molecular complexity index is 593. The van der Waals surface area contributed by atoms with Crippen molar-refractivity contribution in [1.29, 1.82) is 0 Å². The standard InChI is InChI=1S/C18H22N2O/c1-13(2)17(19)18(21)20-12-15-10-6-7-11-16(15)14-8-4-3-5-9-14/h3-11,13,17H,12,19H2,1-2H3,(H,20,21)/t17-/m0/s1. The van der Waals surface area contributed by atoms with Gasteiger partial charge in [-0.1, -0.05) is 68.4 Å². The number of rotatable bonds is 5. The third-order valence-electron chi connectivity index (χ3n) is 3.58. The molecule has 2 aromatic carbocycles. The fourth-order valence-corrected chi connectivity index (χ4v) is 2.18. The van der Waals surface area contributed by atoms with E-state index in [0.717, 1.165) is 16.7 Å². The summed E-state index contributed by atoms with van der Waals surface area (Å²) in [5.41, 5.74) is 9.24. The van der Waals surface area contributed by atoms with E-state index in [2.05, 4.69) is 23.5 Å². The molecule has 0 saturated carbocycles. The third-order valence-corrected chi connectivity index (χ3v) is 3.58. The summed E-state index contributed by atoms with van der Waals surface area (Å²) in [6, 6.07) is 17.8. The molecule has 0 unspecified atom stereocenters. The first-order valence-electron chi connectivity index (χ1n) is 7.26. The summed E-state index contributed by atoms with van der Waals surface area (Å²) < 4.78 is 0. The number of carbonyl (C=O) groups is 1. The van der Waals surface area contributed by atoms with Gasteiger partial charge < -0.3 is 11.1 Å². The van der Waals surface area contributed by atoms with Gasteiger partial charge in [-0.3, -0.25) is 4.79 Å². The Kier molecular flexibility index (Phi) is 5.12. The summed E-state index contributed by atoms with van der Waals surface area (Å²) in [5, 5.41) is 2.93. The van der Waals surface area contributed by atoms with Crippen LogP contribution < -0.4 is 11.1 Å². The Morgan fingerprint density at radius 1 is 1.05 bits per heavy atom. The highest BCUT2D eigenvalue weighted by atomic mass is 16.2. The van der Waals surface area contributed by atoms with Gasteiger partial charge in [0.1, 0.15) is 0 Å².